The number of cyclic esters (lactones) is 1. The van der Waals surface area contributed by atoms with Crippen molar-refractivity contribution < 1.29 is 28.5 Å². The number of hydrogen-bond donors (Lipinski definition) is 1. The molecule has 0 fully saturated rings. The molecule has 0 unspecified atom stereocenters. The van der Waals surface area contributed by atoms with Gasteiger partial charge in [0.1, 0.15) is 6.10 Å². The Morgan fingerprint density at radius 1 is 0.857 bits per heavy atom. The zero-order chi connectivity index (χ0) is 19.8. The van der Waals surface area contributed by atoms with Crippen molar-refractivity contribution in [2.75, 3.05) is 35.0 Å². The fraction of sp³-hybridized carbons (Fsp3) is 0.381. The molecular weight excluding hydrogens is 362 g/mol. The molecule has 2 aromatic carbocycles. The van der Waals surface area contributed by atoms with E-state index < -0.39 is 6.10 Å². The molecule has 4 rings (SSSR count). The third-order valence-electron chi connectivity index (χ3n) is 5.36. The Kier molecular flexibility index (Phi) is 4.77. The molecule has 0 saturated heterocycles. The summed E-state index contributed by atoms with van der Waals surface area (Å²) in [4.78, 5) is 12.5. The molecule has 2 heterocycles. The van der Waals surface area contributed by atoms with Crippen molar-refractivity contribution in [3.8, 4) is 23.0 Å². The molecule has 28 heavy (non-hydrogen) atoms. The van der Waals surface area contributed by atoms with Crippen molar-refractivity contribution in [3.63, 3.8) is 0 Å². The van der Waals surface area contributed by atoms with Crippen LogP contribution in [0.1, 0.15) is 39.2 Å². The van der Waals surface area contributed by atoms with Crippen LogP contribution in [-0.2, 0) is 11.2 Å². The molecule has 0 aliphatic carbocycles. The van der Waals surface area contributed by atoms with E-state index in [4.69, 9.17) is 23.7 Å². The standard InChI is InChI=1S/C21H23NO6/c1-24-15-7-11-5-6-22-19(12(11)8-16(15)25-2)20-13-9-17(26-3)18(27-4)10-14(13)21(23)28-20/h7-10,19-20,22H,5-6H2,1-4H3/t19-,20-/m1/s1. The third-order valence-corrected chi connectivity index (χ3v) is 5.36. The topological polar surface area (TPSA) is 75.3 Å². The highest BCUT2D eigenvalue weighted by molar-refractivity contribution is 5.95. The van der Waals surface area contributed by atoms with E-state index in [-0.39, 0.29) is 12.0 Å². The van der Waals surface area contributed by atoms with Gasteiger partial charge < -0.3 is 29.0 Å². The number of rotatable bonds is 5. The first kappa shape index (κ1) is 18.4. The van der Waals surface area contributed by atoms with Crippen LogP contribution in [-0.4, -0.2) is 41.0 Å². The Hall–Kier alpha value is -2.93. The highest BCUT2D eigenvalue weighted by Gasteiger charge is 2.40. The van der Waals surface area contributed by atoms with Gasteiger partial charge in [-0.05, 0) is 48.4 Å². The SMILES string of the molecule is COc1cc2c(cc1OC)[C@H]([C@@H]1OC(=O)c3cc(OC)c(OC)cc31)NCC2. The molecule has 7 heteroatoms. The molecular formula is C21H23NO6. The van der Waals surface area contributed by atoms with E-state index in [0.717, 1.165) is 29.7 Å². The quantitative estimate of drug-likeness (QED) is 0.793. The molecule has 1 N–H and O–H groups in total. The number of hydrogen-bond acceptors (Lipinski definition) is 7. The first-order valence-electron chi connectivity index (χ1n) is 9.06. The Labute approximate surface area is 163 Å². The van der Waals surface area contributed by atoms with Crippen molar-refractivity contribution in [2.24, 2.45) is 0 Å². The maximum absolute atomic E-state index is 12.5. The van der Waals surface area contributed by atoms with Gasteiger partial charge in [0.05, 0.1) is 40.0 Å². The van der Waals surface area contributed by atoms with E-state index in [1.54, 1.807) is 34.5 Å². The smallest absolute Gasteiger partial charge is 0.339 e. The normalized spacial score (nSPS) is 20.1. The van der Waals surface area contributed by atoms with Gasteiger partial charge in [-0.15, -0.1) is 0 Å². The van der Waals surface area contributed by atoms with E-state index in [0.29, 0.717) is 28.6 Å². The average Bonchev–Trinajstić information content (AvgIpc) is 3.06. The fourth-order valence-corrected chi connectivity index (χ4v) is 3.98. The van der Waals surface area contributed by atoms with Crippen molar-refractivity contribution in [3.05, 3.63) is 46.5 Å². The minimum absolute atomic E-state index is 0.202. The van der Waals surface area contributed by atoms with Gasteiger partial charge in [0, 0.05) is 5.56 Å². The van der Waals surface area contributed by atoms with E-state index in [1.165, 1.54) is 0 Å². The highest BCUT2D eigenvalue weighted by atomic mass is 16.6. The molecule has 2 aliphatic rings. The average molecular weight is 385 g/mol. The van der Waals surface area contributed by atoms with Crippen LogP contribution in [0.5, 0.6) is 23.0 Å². The second-order valence-corrected chi connectivity index (χ2v) is 6.71. The summed E-state index contributed by atoms with van der Waals surface area (Å²) in [6.45, 7) is 0.768. The number of carbonyl (C=O) groups is 1. The number of fused-ring (bicyclic) bond motifs is 2. The maximum Gasteiger partial charge on any atom is 0.339 e. The summed E-state index contributed by atoms with van der Waals surface area (Å²) in [5.74, 6) is 2.04. The zero-order valence-corrected chi connectivity index (χ0v) is 16.3. The third kappa shape index (κ3) is 2.82. The predicted octanol–water partition coefficient (Wildman–Crippen LogP) is 2.82. The van der Waals surface area contributed by atoms with E-state index in [2.05, 4.69) is 5.32 Å². The summed E-state index contributed by atoms with van der Waals surface area (Å²) in [5.41, 5.74) is 3.45. The number of methoxy groups -OCH3 is 4. The van der Waals surface area contributed by atoms with Crippen LogP contribution >= 0.6 is 0 Å². The van der Waals surface area contributed by atoms with E-state index in [9.17, 15) is 4.79 Å². The highest BCUT2D eigenvalue weighted by Crippen LogP contribution is 2.47. The van der Waals surface area contributed by atoms with Gasteiger partial charge in [0.25, 0.3) is 0 Å². The van der Waals surface area contributed by atoms with Crippen molar-refractivity contribution in [1.82, 2.24) is 5.32 Å². The lowest BCUT2D eigenvalue weighted by atomic mass is 9.87. The lowest BCUT2D eigenvalue weighted by Gasteiger charge is -2.31. The lowest BCUT2D eigenvalue weighted by Crippen LogP contribution is -2.34. The van der Waals surface area contributed by atoms with Gasteiger partial charge >= 0.3 is 5.97 Å². The Morgan fingerprint density at radius 2 is 1.43 bits per heavy atom. The minimum Gasteiger partial charge on any atom is -0.493 e. The summed E-state index contributed by atoms with van der Waals surface area (Å²) in [6, 6.07) is 7.24. The first-order valence-corrected chi connectivity index (χ1v) is 9.06. The van der Waals surface area contributed by atoms with Crippen LogP contribution in [0.3, 0.4) is 0 Å². The second kappa shape index (κ2) is 7.24. The minimum atomic E-state index is -0.473. The Morgan fingerprint density at radius 3 is 2.07 bits per heavy atom. The molecule has 2 aromatic rings. The first-order chi connectivity index (χ1) is 13.6. The summed E-state index contributed by atoms with van der Waals surface area (Å²) >= 11 is 0. The van der Waals surface area contributed by atoms with Crippen LogP contribution in [0, 0.1) is 0 Å². The molecule has 2 atom stereocenters. The molecule has 0 spiro atoms. The summed E-state index contributed by atoms with van der Waals surface area (Å²) < 4.78 is 27.4. The van der Waals surface area contributed by atoms with Crippen LogP contribution in [0.25, 0.3) is 0 Å². The number of esters is 1. The molecule has 0 bridgehead atoms. The Bertz CT molecular complexity index is 926. The number of carbonyl (C=O) groups excluding carboxylic acids is 1. The lowest BCUT2D eigenvalue weighted by molar-refractivity contribution is 0.0285. The van der Waals surface area contributed by atoms with Crippen molar-refractivity contribution in [2.45, 2.75) is 18.6 Å². The van der Waals surface area contributed by atoms with Crippen molar-refractivity contribution >= 4 is 5.97 Å². The van der Waals surface area contributed by atoms with Crippen LogP contribution < -0.4 is 24.3 Å². The molecule has 148 valence electrons. The number of nitrogens with one attached hydrogen (secondary N) is 1. The summed E-state index contributed by atoms with van der Waals surface area (Å²) in [7, 11) is 6.35. The van der Waals surface area contributed by atoms with Gasteiger partial charge in [-0.25, -0.2) is 4.79 Å². The summed E-state index contributed by atoms with van der Waals surface area (Å²) in [6.07, 6.45) is 0.380. The largest absolute Gasteiger partial charge is 0.493 e. The molecule has 0 amide bonds. The zero-order valence-electron chi connectivity index (χ0n) is 16.3. The van der Waals surface area contributed by atoms with E-state index in [1.807, 2.05) is 18.2 Å². The molecule has 2 aliphatic heterocycles. The van der Waals surface area contributed by atoms with Gasteiger partial charge in [-0.3, -0.25) is 0 Å². The Balaban J connectivity index is 1.80. The molecule has 0 radical (unpaired) electrons. The van der Waals surface area contributed by atoms with Gasteiger partial charge in [-0.1, -0.05) is 0 Å². The fourth-order valence-electron chi connectivity index (χ4n) is 3.98. The van der Waals surface area contributed by atoms with Crippen LogP contribution in [0.15, 0.2) is 24.3 Å². The molecule has 0 aromatic heterocycles. The number of ether oxygens (including phenoxy) is 5. The molecule has 7 nitrogen and oxygen atoms in total. The maximum atomic E-state index is 12.5. The van der Waals surface area contributed by atoms with Crippen LogP contribution in [0.4, 0.5) is 0 Å². The molecule has 0 saturated carbocycles. The van der Waals surface area contributed by atoms with Crippen molar-refractivity contribution in [1.29, 1.82) is 0 Å². The van der Waals surface area contributed by atoms with E-state index >= 15 is 0 Å². The predicted molar refractivity (Wildman–Crippen MR) is 102 cm³/mol. The summed E-state index contributed by atoms with van der Waals surface area (Å²) in [5, 5.41) is 3.49. The number of benzene rings is 2. The monoisotopic (exact) mass is 385 g/mol. The van der Waals surface area contributed by atoms with Gasteiger partial charge in [0.2, 0.25) is 0 Å². The van der Waals surface area contributed by atoms with Gasteiger partial charge in [-0.2, -0.15) is 0 Å². The van der Waals surface area contributed by atoms with Gasteiger partial charge in [0.15, 0.2) is 23.0 Å². The second-order valence-electron chi connectivity index (χ2n) is 6.71. The van der Waals surface area contributed by atoms with Crippen LogP contribution in [0.2, 0.25) is 0 Å².